The average Bonchev–Trinajstić information content (AvgIpc) is 2.27. The predicted molar refractivity (Wildman–Crippen MR) is 80.6 cm³/mol. The van der Waals surface area contributed by atoms with Gasteiger partial charge in [0.15, 0.2) is 0 Å². The molecule has 0 radical (unpaired) electrons. The van der Waals surface area contributed by atoms with E-state index in [0.29, 0.717) is 12.6 Å². The molecular weight excluding hydrogens is 246 g/mol. The van der Waals surface area contributed by atoms with Crippen molar-refractivity contribution in [1.29, 1.82) is 0 Å². The highest BCUT2D eigenvalue weighted by Crippen LogP contribution is 2.15. The van der Waals surface area contributed by atoms with Crippen LogP contribution in [0.25, 0.3) is 0 Å². The lowest BCUT2D eigenvalue weighted by molar-refractivity contribution is -0.126. The molecule has 0 bridgehead atoms. The third kappa shape index (κ3) is 5.78. The summed E-state index contributed by atoms with van der Waals surface area (Å²) < 4.78 is 0. The number of nitrogens with one attached hydrogen (secondary N) is 1. The second kappa shape index (κ2) is 7.69. The number of carbonyl (C=O) groups excluding carboxylic acids is 1. The molecule has 5 heteroatoms. The van der Waals surface area contributed by atoms with Crippen LogP contribution in [0.15, 0.2) is 0 Å². The molecule has 0 aromatic carbocycles. The Balaban J connectivity index is 3.80. The average molecular weight is 273 g/mol. The van der Waals surface area contributed by atoms with Gasteiger partial charge in [-0.2, -0.15) is 0 Å². The molecule has 0 saturated heterocycles. The molecular formula is C13H27N3OS. The Morgan fingerprint density at radius 1 is 1.39 bits per heavy atom. The number of hydrogen-bond acceptors (Lipinski definition) is 3. The first-order valence-electron chi connectivity index (χ1n) is 6.48. The zero-order valence-corrected chi connectivity index (χ0v) is 13.1. The second-order valence-electron chi connectivity index (χ2n) is 5.53. The standard InChI is InChI=1S/C13H27N3OS/c1-10(2)16(5)9-7-6-8-15-12(17)13(3,4)11(14)18/h10H,6-9H2,1-5H3,(H2,14,18)(H,15,17). The van der Waals surface area contributed by atoms with Crippen molar-refractivity contribution in [2.24, 2.45) is 11.1 Å². The van der Waals surface area contributed by atoms with Crippen LogP contribution in [0.2, 0.25) is 0 Å². The first-order valence-corrected chi connectivity index (χ1v) is 6.89. The maximum atomic E-state index is 11.8. The first-order chi connectivity index (χ1) is 8.19. The molecule has 3 N–H and O–H groups in total. The Kier molecular flexibility index (Phi) is 7.40. The van der Waals surface area contributed by atoms with Crippen molar-refractivity contribution in [2.45, 2.75) is 46.6 Å². The van der Waals surface area contributed by atoms with Crippen LogP contribution in [0.4, 0.5) is 0 Å². The monoisotopic (exact) mass is 273 g/mol. The first kappa shape index (κ1) is 17.3. The summed E-state index contributed by atoms with van der Waals surface area (Å²) in [4.78, 5) is 14.4. The van der Waals surface area contributed by atoms with Crippen molar-refractivity contribution < 1.29 is 4.79 Å². The Hall–Kier alpha value is -0.680. The van der Waals surface area contributed by atoms with Crippen LogP contribution in [0.3, 0.4) is 0 Å². The summed E-state index contributed by atoms with van der Waals surface area (Å²) in [5, 5.41) is 2.88. The summed E-state index contributed by atoms with van der Waals surface area (Å²) in [6.45, 7) is 9.57. The molecule has 0 atom stereocenters. The van der Waals surface area contributed by atoms with Gasteiger partial charge in [0, 0.05) is 12.6 Å². The van der Waals surface area contributed by atoms with Crippen molar-refractivity contribution >= 4 is 23.1 Å². The highest BCUT2D eigenvalue weighted by molar-refractivity contribution is 7.80. The molecule has 18 heavy (non-hydrogen) atoms. The quantitative estimate of drug-likeness (QED) is 0.520. The van der Waals surface area contributed by atoms with Gasteiger partial charge >= 0.3 is 0 Å². The van der Waals surface area contributed by atoms with Crippen LogP contribution in [0.5, 0.6) is 0 Å². The minimum Gasteiger partial charge on any atom is -0.392 e. The van der Waals surface area contributed by atoms with E-state index in [1.807, 2.05) is 0 Å². The van der Waals surface area contributed by atoms with Crippen LogP contribution in [0, 0.1) is 5.41 Å². The van der Waals surface area contributed by atoms with Crippen LogP contribution >= 0.6 is 12.2 Å². The highest BCUT2D eigenvalue weighted by atomic mass is 32.1. The lowest BCUT2D eigenvalue weighted by Gasteiger charge is -2.23. The summed E-state index contributed by atoms with van der Waals surface area (Å²) in [5.74, 6) is -0.0905. The number of unbranched alkanes of at least 4 members (excludes halogenated alkanes) is 1. The van der Waals surface area contributed by atoms with Gasteiger partial charge in [0.1, 0.15) is 0 Å². The van der Waals surface area contributed by atoms with Crippen molar-refractivity contribution in [3.05, 3.63) is 0 Å². The van der Waals surface area contributed by atoms with E-state index < -0.39 is 5.41 Å². The third-order valence-corrected chi connectivity index (χ3v) is 3.80. The number of nitrogens with two attached hydrogens (primary N) is 1. The minimum atomic E-state index is -0.760. The molecule has 1 amide bonds. The zero-order valence-electron chi connectivity index (χ0n) is 12.2. The fourth-order valence-corrected chi connectivity index (χ4v) is 1.37. The van der Waals surface area contributed by atoms with Gasteiger partial charge in [-0.15, -0.1) is 0 Å². The number of nitrogens with zero attached hydrogens (tertiary/aromatic N) is 1. The van der Waals surface area contributed by atoms with Crippen LogP contribution in [-0.4, -0.2) is 42.0 Å². The van der Waals surface area contributed by atoms with E-state index in [1.54, 1.807) is 13.8 Å². The van der Waals surface area contributed by atoms with Gasteiger partial charge in [-0.3, -0.25) is 4.79 Å². The van der Waals surface area contributed by atoms with Crippen molar-refractivity contribution in [2.75, 3.05) is 20.1 Å². The van der Waals surface area contributed by atoms with E-state index in [1.165, 1.54) is 0 Å². The Labute approximate surface area is 116 Å². The van der Waals surface area contributed by atoms with Gasteiger partial charge in [0.25, 0.3) is 0 Å². The third-order valence-electron chi connectivity index (χ3n) is 3.29. The molecule has 0 rings (SSSR count). The van der Waals surface area contributed by atoms with Gasteiger partial charge in [0.05, 0.1) is 10.4 Å². The summed E-state index contributed by atoms with van der Waals surface area (Å²) in [6, 6.07) is 0.563. The van der Waals surface area contributed by atoms with Gasteiger partial charge in [0.2, 0.25) is 5.91 Å². The van der Waals surface area contributed by atoms with Crippen molar-refractivity contribution in [3.8, 4) is 0 Å². The SMILES string of the molecule is CC(C)N(C)CCCCNC(=O)C(C)(C)C(N)=S. The van der Waals surface area contributed by atoms with Crippen LogP contribution in [-0.2, 0) is 4.79 Å². The topological polar surface area (TPSA) is 58.4 Å². The molecule has 4 nitrogen and oxygen atoms in total. The normalized spacial score (nSPS) is 11.9. The molecule has 0 aliphatic rings. The highest BCUT2D eigenvalue weighted by Gasteiger charge is 2.30. The number of carbonyl (C=O) groups is 1. The summed E-state index contributed by atoms with van der Waals surface area (Å²) in [7, 11) is 2.11. The van der Waals surface area contributed by atoms with Gasteiger partial charge in [-0.05, 0) is 54.1 Å². The smallest absolute Gasteiger partial charge is 0.232 e. The van der Waals surface area contributed by atoms with E-state index in [0.717, 1.165) is 19.4 Å². The van der Waals surface area contributed by atoms with Crippen LogP contribution < -0.4 is 11.1 Å². The van der Waals surface area contributed by atoms with E-state index in [-0.39, 0.29) is 10.9 Å². The van der Waals surface area contributed by atoms with E-state index >= 15 is 0 Å². The van der Waals surface area contributed by atoms with Gasteiger partial charge in [-0.25, -0.2) is 0 Å². The van der Waals surface area contributed by atoms with Gasteiger partial charge < -0.3 is 16.0 Å². The van der Waals surface area contributed by atoms with Crippen molar-refractivity contribution in [1.82, 2.24) is 10.2 Å². The van der Waals surface area contributed by atoms with E-state index in [2.05, 4.69) is 31.1 Å². The van der Waals surface area contributed by atoms with Gasteiger partial charge in [-0.1, -0.05) is 12.2 Å². The molecule has 0 aromatic heterocycles. The predicted octanol–water partition coefficient (Wildman–Crippen LogP) is 1.54. The lowest BCUT2D eigenvalue weighted by atomic mass is 9.92. The Morgan fingerprint density at radius 2 is 1.94 bits per heavy atom. The molecule has 0 fully saturated rings. The molecule has 0 saturated carbocycles. The number of amides is 1. The largest absolute Gasteiger partial charge is 0.392 e. The Morgan fingerprint density at radius 3 is 2.39 bits per heavy atom. The van der Waals surface area contributed by atoms with Crippen LogP contribution in [0.1, 0.15) is 40.5 Å². The Bertz CT molecular complexity index is 290. The molecule has 0 spiro atoms. The fraction of sp³-hybridized carbons (Fsp3) is 0.846. The summed E-state index contributed by atoms with van der Waals surface area (Å²) in [5.41, 5.74) is 4.78. The molecule has 0 unspecified atom stereocenters. The second-order valence-corrected chi connectivity index (χ2v) is 5.97. The molecule has 0 aliphatic heterocycles. The number of thiocarbonyl (C=S) groups is 1. The fourth-order valence-electron chi connectivity index (χ4n) is 1.28. The number of hydrogen-bond donors (Lipinski definition) is 2. The summed E-state index contributed by atoms with van der Waals surface area (Å²) >= 11 is 4.88. The molecule has 106 valence electrons. The minimum absolute atomic E-state index is 0.0905. The van der Waals surface area contributed by atoms with E-state index in [9.17, 15) is 4.79 Å². The molecule has 0 aliphatic carbocycles. The molecule has 0 heterocycles. The maximum absolute atomic E-state index is 11.8. The van der Waals surface area contributed by atoms with Crippen molar-refractivity contribution in [3.63, 3.8) is 0 Å². The zero-order chi connectivity index (χ0) is 14.3. The lowest BCUT2D eigenvalue weighted by Crippen LogP contribution is -2.45. The molecule has 0 aromatic rings. The number of rotatable bonds is 8. The maximum Gasteiger partial charge on any atom is 0.232 e. The summed E-state index contributed by atoms with van der Waals surface area (Å²) in [6.07, 6.45) is 2.04. The van der Waals surface area contributed by atoms with E-state index in [4.69, 9.17) is 18.0 Å².